The summed E-state index contributed by atoms with van der Waals surface area (Å²) in [4.78, 5) is 24.0. The van der Waals surface area contributed by atoms with Gasteiger partial charge in [-0.2, -0.15) is 5.10 Å². The number of aromatic amines is 1. The zero-order chi connectivity index (χ0) is 14.6. The van der Waals surface area contributed by atoms with Crippen molar-refractivity contribution in [3.8, 4) is 0 Å². The second-order valence-corrected chi connectivity index (χ2v) is 4.98. The van der Waals surface area contributed by atoms with E-state index < -0.39 is 17.0 Å². The molecule has 1 unspecified atom stereocenters. The molecule has 0 spiro atoms. The molecular formula is C13H21N3O3. The van der Waals surface area contributed by atoms with Crippen molar-refractivity contribution in [2.45, 2.75) is 46.1 Å². The highest BCUT2D eigenvalue weighted by Crippen LogP contribution is 2.15. The van der Waals surface area contributed by atoms with Gasteiger partial charge < -0.3 is 10.4 Å². The van der Waals surface area contributed by atoms with E-state index in [1.54, 1.807) is 13.8 Å². The smallest absolute Gasteiger partial charge is 0.277 e. The Balaban J connectivity index is 3.08. The van der Waals surface area contributed by atoms with Crippen molar-refractivity contribution >= 4 is 5.91 Å². The van der Waals surface area contributed by atoms with E-state index in [4.69, 9.17) is 5.11 Å². The zero-order valence-corrected chi connectivity index (χ0v) is 11.8. The third-order valence-corrected chi connectivity index (χ3v) is 3.56. The van der Waals surface area contributed by atoms with Crippen molar-refractivity contribution in [2.75, 3.05) is 6.61 Å². The van der Waals surface area contributed by atoms with E-state index in [2.05, 4.69) is 15.5 Å². The van der Waals surface area contributed by atoms with Crippen molar-refractivity contribution in [1.29, 1.82) is 0 Å². The molecule has 6 nitrogen and oxygen atoms in total. The molecule has 0 aliphatic carbocycles. The number of H-pyrrole nitrogens is 1. The summed E-state index contributed by atoms with van der Waals surface area (Å²) >= 11 is 0. The second kappa shape index (κ2) is 5.97. The largest absolute Gasteiger partial charge is 0.396 e. The summed E-state index contributed by atoms with van der Waals surface area (Å²) in [5.74, 6) is -0.429. The van der Waals surface area contributed by atoms with Gasteiger partial charge in [-0.1, -0.05) is 6.92 Å². The van der Waals surface area contributed by atoms with Crippen LogP contribution in [0.3, 0.4) is 0 Å². The molecule has 0 aliphatic heterocycles. The number of aliphatic hydroxyl groups is 1. The number of aromatic nitrogens is 2. The van der Waals surface area contributed by atoms with Crippen LogP contribution in [-0.2, 0) is 0 Å². The maximum absolute atomic E-state index is 12.2. The first kappa shape index (κ1) is 15.4. The molecule has 19 heavy (non-hydrogen) atoms. The average Bonchev–Trinajstić information content (AvgIpc) is 2.34. The number of nitrogens with zero attached hydrogens (tertiary/aromatic N) is 1. The lowest BCUT2D eigenvalue weighted by Gasteiger charge is -2.29. The molecule has 1 atom stereocenters. The fraction of sp³-hybridized carbons (Fsp3) is 0.615. The molecule has 1 aromatic rings. The summed E-state index contributed by atoms with van der Waals surface area (Å²) in [5, 5.41) is 18.0. The van der Waals surface area contributed by atoms with Gasteiger partial charge in [-0.05, 0) is 39.2 Å². The monoisotopic (exact) mass is 267 g/mol. The molecule has 0 saturated heterocycles. The highest BCUT2D eigenvalue weighted by molar-refractivity contribution is 5.95. The van der Waals surface area contributed by atoms with Gasteiger partial charge in [0.2, 0.25) is 0 Å². The first-order valence-electron chi connectivity index (χ1n) is 6.34. The van der Waals surface area contributed by atoms with Crippen molar-refractivity contribution in [2.24, 2.45) is 0 Å². The number of carbonyl (C=O) groups excluding carboxylic acids is 1. The third kappa shape index (κ3) is 3.41. The molecule has 1 heterocycles. The second-order valence-electron chi connectivity index (χ2n) is 4.98. The van der Waals surface area contributed by atoms with Gasteiger partial charge in [0.1, 0.15) is 5.56 Å². The molecule has 0 aromatic carbocycles. The Kier molecular flexibility index (Phi) is 4.83. The third-order valence-electron chi connectivity index (χ3n) is 3.56. The molecule has 3 N–H and O–H groups in total. The lowest BCUT2D eigenvalue weighted by Crippen LogP contribution is -2.47. The van der Waals surface area contributed by atoms with Crippen LogP contribution < -0.4 is 10.9 Å². The Morgan fingerprint density at radius 3 is 2.63 bits per heavy atom. The first-order valence-corrected chi connectivity index (χ1v) is 6.34. The van der Waals surface area contributed by atoms with Crippen LogP contribution in [0.5, 0.6) is 0 Å². The molecule has 1 aromatic heterocycles. The highest BCUT2D eigenvalue weighted by Gasteiger charge is 2.26. The number of hydrogen-bond acceptors (Lipinski definition) is 4. The van der Waals surface area contributed by atoms with Crippen molar-refractivity contribution in [1.82, 2.24) is 15.5 Å². The Labute approximate surface area is 112 Å². The predicted molar refractivity (Wildman–Crippen MR) is 72.2 cm³/mol. The van der Waals surface area contributed by atoms with Gasteiger partial charge in [0, 0.05) is 12.1 Å². The molecule has 1 rings (SSSR count). The molecule has 106 valence electrons. The summed E-state index contributed by atoms with van der Waals surface area (Å²) in [7, 11) is 0. The molecule has 0 fully saturated rings. The first-order chi connectivity index (χ1) is 8.84. The fourth-order valence-corrected chi connectivity index (χ4v) is 1.81. The molecule has 1 amide bonds. The Bertz CT molecular complexity index is 524. The van der Waals surface area contributed by atoms with Crippen LogP contribution in [0.2, 0.25) is 0 Å². The van der Waals surface area contributed by atoms with Crippen LogP contribution in [0.25, 0.3) is 0 Å². The maximum Gasteiger partial charge on any atom is 0.277 e. The van der Waals surface area contributed by atoms with Crippen molar-refractivity contribution in [3.05, 3.63) is 27.2 Å². The minimum atomic E-state index is -0.526. The Hall–Kier alpha value is -1.69. The lowest BCUT2D eigenvalue weighted by atomic mass is 9.94. The number of rotatable bonds is 5. The van der Waals surface area contributed by atoms with Crippen molar-refractivity contribution in [3.63, 3.8) is 0 Å². The number of aryl methyl sites for hydroxylation is 1. The minimum Gasteiger partial charge on any atom is -0.396 e. The van der Waals surface area contributed by atoms with Crippen molar-refractivity contribution < 1.29 is 9.90 Å². The van der Waals surface area contributed by atoms with Gasteiger partial charge >= 0.3 is 0 Å². The Morgan fingerprint density at radius 1 is 1.47 bits per heavy atom. The highest BCUT2D eigenvalue weighted by atomic mass is 16.3. The normalized spacial score (nSPS) is 13.9. The zero-order valence-electron chi connectivity index (χ0n) is 11.8. The molecular weight excluding hydrogens is 246 g/mol. The molecule has 6 heteroatoms. The van der Waals surface area contributed by atoms with Gasteiger partial charge in [0.05, 0.1) is 5.69 Å². The number of nitrogens with one attached hydrogen (secondary N) is 2. The topological polar surface area (TPSA) is 95.1 Å². The summed E-state index contributed by atoms with van der Waals surface area (Å²) in [6.07, 6.45) is 1.11. The van der Waals surface area contributed by atoms with Crippen LogP contribution >= 0.6 is 0 Å². The summed E-state index contributed by atoms with van der Waals surface area (Å²) in [6, 6.07) is 0. The molecule has 0 radical (unpaired) electrons. The maximum atomic E-state index is 12.2. The number of aliphatic hydroxyl groups excluding tert-OH is 1. The van der Waals surface area contributed by atoms with E-state index in [0.29, 0.717) is 24.1 Å². The van der Waals surface area contributed by atoms with Crippen LogP contribution in [0.1, 0.15) is 48.3 Å². The number of carbonyl (C=O) groups is 1. The van der Waals surface area contributed by atoms with Crippen LogP contribution in [-0.4, -0.2) is 33.4 Å². The fourth-order valence-electron chi connectivity index (χ4n) is 1.81. The average molecular weight is 267 g/mol. The van der Waals surface area contributed by atoms with Gasteiger partial charge in [-0.3, -0.25) is 9.59 Å². The van der Waals surface area contributed by atoms with E-state index in [-0.39, 0.29) is 12.2 Å². The van der Waals surface area contributed by atoms with E-state index >= 15 is 0 Å². The van der Waals surface area contributed by atoms with E-state index in [0.717, 1.165) is 0 Å². The quantitative estimate of drug-likeness (QED) is 0.730. The molecule has 0 saturated carbocycles. The van der Waals surface area contributed by atoms with Crippen LogP contribution in [0.4, 0.5) is 0 Å². The molecule has 0 bridgehead atoms. The summed E-state index contributed by atoms with van der Waals surface area (Å²) in [6.45, 7) is 7.18. The van der Waals surface area contributed by atoms with Crippen LogP contribution in [0.15, 0.2) is 4.79 Å². The minimum absolute atomic E-state index is 0.0185. The van der Waals surface area contributed by atoms with E-state index in [1.165, 1.54) is 0 Å². The number of amides is 1. The van der Waals surface area contributed by atoms with Gasteiger partial charge in [-0.25, -0.2) is 5.10 Å². The predicted octanol–water partition coefficient (Wildman–Crippen LogP) is 0.668. The van der Waals surface area contributed by atoms with Crippen LogP contribution in [0, 0.1) is 13.8 Å². The lowest BCUT2D eigenvalue weighted by molar-refractivity contribution is 0.0883. The van der Waals surface area contributed by atoms with E-state index in [9.17, 15) is 9.59 Å². The Morgan fingerprint density at radius 2 is 2.11 bits per heavy atom. The molecule has 0 aliphatic rings. The van der Waals surface area contributed by atoms with Gasteiger partial charge in [0.25, 0.3) is 11.5 Å². The summed E-state index contributed by atoms with van der Waals surface area (Å²) < 4.78 is 0. The van der Waals surface area contributed by atoms with Gasteiger partial charge in [-0.15, -0.1) is 0 Å². The summed E-state index contributed by atoms with van der Waals surface area (Å²) in [5.41, 5.74) is 0.254. The van der Waals surface area contributed by atoms with Gasteiger partial charge in [0.15, 0.2) is 0 Å². The van der Waals surface area contributed by atoms with E-state index in [1.807, 2.05) is 13.8 Å². The SMILES string of the molecule is CCC(C)(CCO)NC(=O)c1c(C)c(C)n[nH]c1=O. The number of hydrogen-bond donors (Lipinski definition) is 3. The standard InChI is InChI=1S/C13H21N3O3/c1-5-13(4,6-7-17)14-11(18)10-8(2)9(3)15-16-12(10)19/h17H,5-7H2,1-4H3,(H,14,18)(H,16,19).